The molecule has 0 amide bonds. The predicted molar refractivity (Wildman–Crippen MR) is 79.7 cm³/mol. The Labute approximate surface area is 114 Å². The SMILES string of the molecule is CC(C)(C)[C@H]1COC(c2cccc3ccccc23)=N1. The second-order valence-electron chi connectivity index (χ2n) is 6.15. The van der Waals surface area contributed by atoms with E-state index in [1.807, 2.05) is 0 Å². The van der Waals surface area contributed by atoms with E-state index in [-0.39, 0.29) is 11.5 Å². The molecule has 2 aromatic carbocycles. The van der Waals surface area contributed by atoms with Gasteiger partial charge in [-0.05, 0) is 22.3 Å². The quantitative estimate of drug-likeness (QED) is 0.752. The second kappa shape index (κ2) is 4.37. The number of rotatable bonds is 1. The van der Waals surface area contributed by atoms with E-state index in [9.17, 15) is 0 Å². The molecule has 98 valence electrons. The van der Waals surface area contributed by atoms with Crippen LogP contribution in [0.1, 0.15) is 26.3 Å². The lowest BCUT2D eigenvalue weighted by Crippen LogP contribution is -2.25. The molecule has 2 nitrogen and oxygen atoms in total. The van der Waals surface area contributed by atoms with Gasteiger partial charge in [0.25, 0.3) is 0 Å². The first-order valence-electron chi connectivity index (χ1n) is 6.74. The zero-order valence-electron chi connectivity index (χ0n) is 11.7. The van der Waals surface area contributed by atoms with E-state index >= 15 is 0 Å². The molecule has 1 heterocycles. The molecule has 0 radical (unpaired) electrons. The summed E-state index contributed by atoms with van der Waals surface area (Å²) in [6.45, 7) is 7.30. The summed E-state index contributed by atoms with van der Waals surface area (Å²) in [4.78, 5) is 4.77. The fourth-order valence-corrected chi connectivity index (χ4v) is 2.38. The van der Waals surface area contributed by atoms with Gasteiger partial charge in [0.1, 0.15) is 6.61 Å². The number of fused-ring (bicyclic) bond motifs is 1. The Morgan fingerprint density at radius 2 is 1.79 bits per heavy atom. The molecule has 0 saturated heterocycles. The lowest BCUT2D eigenvalue weighted by atomic mass is 9.88. The van der Waals surface area contributed by atoms with Crippen molar-refractivity contribution in [3.8, 4) is 0 Å². The average molecular weight is 253 g/mol. The van der Waals surface area contributed by atoms with Gasteiger partial charge in [-0.25, -0.2) is 4.99 Å². The van der Waals surface area contributed by atoms with E-state index < -0.39 is 0 Å². The minimum Gasteiger partial charge on any atom is -0.475 e. The molecule has 1 atom stereocenters. The topological polar surface area (TPSA) is 21.6 Å². The van der Waals surface area contributed by atoms with E-state index in [2.05, 4.69) is 63.2 Å². The van der Waals surface area contributed by atoms with Crippen molar-refractivity contribution in [3.63, 3.8) is 0 Å². The smallest absolute Gasteiger partial charge is 0.217 e. The van der Waals surface area contributed by atoms with E-state index in [0.29, 0.717) is 6.61 Å². The maximum absolute atomic E-state index is 5.84. The van der Waals surface area contributed by atoms with Crippen molar-refractivity contribution >= 4 is 16.7 Å². The normalized spacial score (nSPS) is 19.3. The van der Waals surface area contributed by atoms with Gasteiger partial charge in [0.15, 0.2) is 0 Å². The lowest BCUT2D eigenvalue weighted by molar-refractivity contribution is 0.236. The van der Waals surface area contributed by atoms with Crippen LogP contribution in [-0.4, -0.2) is 18.5 Å². The highest BCUT2D eigenvalue weighted by Gasteiger charge is 2.30. The van der Waals surface area contributed by atoms with Crippen LogP contribution in [0.15, 0.2) is 47.5 Å². The highest BCUT2D eigenvalue weighted by atomic mass is 16.5. The second-order valence-corrected chi connectivity index (χ2v) is 6.15. The van der Waals surface area contributed by atoms with Crippen molar-refractivity contribution in [2.45, 2.75) is 26.8 Å². The monoisotopic (exact) mass is 253 g/mol. The molecule has 19 heavy (non-hydrogen) atoms. The Kier molecular flexibility index (Phi) is 2.81. The van der Waals surface area contributed by atoms with E-state index in [1.54, 1.807) is 0 Å². The summed E-state index contributed by atoms with van der Waals surface area (Å²) in [6, 6.07) is 14.9. The summed E-state index contributed by atoms with van der Waals surface area (Å²) in [6.07, 6.45) is 0. The summed E-state index contributed by atoms with van der Waals surface area (Å²) < 4.78 is 5.84. The molecule has 0 spiro atoms. The van der Waals surface area contributed by atoms with Gasteiger partial charge in [0.05, 0.1) is 6.04 Å². The van der Waals surface area contributed by atoms with Crippen LogP contribution in [0, 0.1) is 5.41 Å². The molecule has 1 aliphatic rings. The van der Waals surface area contributed by atoms with Gasteiger partial charge in [-0.15, -0.1) is 0 Å². The Hall–Kier alpha value is -1.83. The van der Waals surface area contributed by atoms with Crippen LogP contribution in [0.3, 0.4) is 0 Å². The number of benzene rings is 2. The van der Waals surface area contributed by atoms with E-state index in [1.165, 1.54) is 10.8 Å². The van der Waals surface area contributed by atoms with Crippen molar-refractivity contribution in [3.05, 3.63) is 48.0 Å². The number of hydrogen-bond acceptors (Lipinski definition) is 2. The number of aliphatic imine (C=N–C) groups is 1. The predicted octanol–water partition coefficient (Wildman–Crippen LogP) is 4.03. The summed E-state index contributed by atoms with van der Waals surface area (Å²) in [5, 5.41) is 2.43. The molecule has 0 unspecified atom stereocenters. The van der Waals surface area contributed by atoms with Crippen LogP contribution >= 0.6 is 0 Å². The third-order valence-corrected chi connectivity index (χ3v) is 3.67. The van der Waals surface area contributed by atoms with Crippen LogP contribution in [-0.2, 0) is 4.74 Å². The molecule has 1 aliphatic heterocycles. The van der Waals surface area contributed by atoms with Gasteiger partial charge in [-0.2, -0.15) is 0 Å². The molecule has 0 N–H and O–H groups in total. The first-order valence-corrected chi connectivity index (χ1v) is 6.74. The molecule has 0 aromatic heterocycles. The first-order chi connectivity index (χ1) is 9.05. The fourth-order valence-electron chi connectivity index (χ4n) is 2.38. The highest BCUT2D eigenvalue weighted by molar-refractivity contribution is 6.07. The largest absolute Gasteiger partial charge is 0.475 e. The van der Waals surface area contributed by atoms with Gasteiger partial charge >= 0.3 is 0 Å². The summed E-state index contributed by atoms with van der Waals surface area (Å²) >= 11 is 0. The van der Waals surface area contributed by atoms with Crippen molar-refractivity contribution in [2.75, 3.05) is 6.61 Å². The molecular formula is C17H19NO. The zero-order valence-corrected chi connectivity index (χ0v) is 11.7. The van der Waals surface area contributed by atoms with Gasteiger partial charge < -0.3 is 4.74 Å². The standard InChI is InChI=1S/C17H19NO/c1-17(2,3)15-11-19-16(18-15)14-10-6-8-12-7-4-5-9-13(12)14/h4-10,15H,11H2,1-3H3/t15-/m1/s1. The maximum atomic E-state index is 5.84. The zero-order chi connectivity index (χ0) is 13.5. The molecule has 2 heteroatoms. The molecule has 0 aliphatic carbocycles. The molecule has 0 saturated carbocycles. The van der Waals surface area contributed by atoms with Gasteiger partial charge in [0.2, 0.25) is 5.90 Å². The van der Waals surface area contributed by atoms with Crippen LogP contribution in [0.5, 0.6) is 0 Å². The van der Waals surface area contributed by atoms with Crippen molar-refractivity contribution in [1.82, 2.24) is 0 Å². The first kappa shape index (κ1) is 12.2. The number of nitrogens with zero attached hydrogens (tertiary/aromatic N) is 1. The van der Waals surface area contributed by atoms with Gasteiger partial charge in [-0.3, -0.25) is 0 Å². The van der Waals surface area contributed by atoms with E-state index in [0.717, 1.165) is 11.5 Å². The number of hydrogen-bond donors (Lipinski definition) is 0. The maximum Gasteiger partial charge on any atom is 0.217 e. The van der Waals surface area contributed by atoms with Crippen molar-refractivity contribution in [2.24, 2.45) is 10.4 Å². The summed E-state index contributed by atoms with van der Waals surface area (Å²) in [5.74, 6) is 0.789. The Morgan fingerprint density at radius 3 is 2.53 bits per heavy atom. The Morgan fingerprint density at radius 1 is 1.05 bits per heavy atom. The summed E-state index contributed by atoms with van der Waals surface area (Å²) in [5.41, 5.74) is 1.25. The fraction of sp³-hybridized carbons (Fsp3) is 0.353. The van der Waals surface area contributed by atoms with E-state index in [4.69, 9.17) is 9.73 Å². The third kappa shape index (κ3) is 2.23. The summed E-state index contributed by atoms with van der Waals surface area (Å²) in [7, 11) is 0. The van der Waals surface area contributed by atoms with Crippen LogP contribution in [0.4, 0.5) is 0 Å². The van der Waals surface area contributed by atoms with Crippen LogP contribution in [0.2, 0.25) is 0 Å². The van der Waals surface area contributed by atoms with Crippen LogP contribution < -0.4 is 0 Å². The van der Waals surface area contributed by atoms with Gasteiger partial charge in [0, 0.05) is 5.56 Å². The Balaban J connectivity index is 2.07. The Bertz CT molecular complexity index is 632. The third-order valence-electron chi connectivity index (χ3n) is 3.67. The average Bonchev–Trinajstić information content (AvgIpc) is 2.87. The minimum atomic E-state index is 0.145. The minimum absolute atomic E-state index is 0.145. The van der Waals surface area contributed by atoms with Crippen molar-refractivity contribution in [1.29, 1.82) is 0 Å². The molecule has 2 aromatic rings. The molecule has 0 bridgehead atoms. The molecule has 3 rings (SSSR count). The van der Waals surface area contributed by atoms with Crippen molar-refractivity contribution < 1.29 is 4.74 Å². The lowest BCUT2D eigenvalue weighted by Gasteiger charge is -2.21. The van der Waals surface area contributed by atoms with Crippen LogP contribution in [0.25, 0.3) is 10.8 Å². The molecule has 0 fully saturated rings. The number of ether oxygens (including phenoxy) is 1. The van der Waals surface area contributed by atoms with Gasteiger partial charge in [-0.1, -0.05) is 57.2 Å². The highest BCUT2D eigenvalue weighted by Crippen LogP contribution is 2.29. The molecular weight excluding hydrogens is 234 g/mol.